The molecule has 126 valence electrons. The Morgan fingerprint density at radius 2 is 1.91 bits per heavy atom. The topological polar surface area (TPSA) is 40.5 Å². The molecule has 1 saturated heterocycles. The van der Waals surface area contributed by atoms with Crippen LogP contribution < -0.4 is 0 Å². The number of halogens is 3. The third-order valence-electron chi connectivity index (χ3n) is 4.87. The second-order valence-corrected chi connectivity index (χ2v) is 6.50. The van der Waals surface area contributed by atoms with Gasteiger partial charge in [0.25, 0.3) is 0 Å². The van der Waals surface area contributed by atoms with Gasteiger partial charge in [0, 0.05) is 12.5 Å². The smallest absolute Gasteiger partial charge is 0.391 e. The van der Waals surface area contributed by atoms with Gasteiger partial charge in [-0.25, -0.2) is 0 Å². The van der Waals surface area contributed by atoms with Gasteiger partial charge in [0.05, 0.1) is 17.7 Å². The molecule has 3 rings (SSSR count). The molecule has 1 aromatic carbocycles. The summed E-state index contributed by atoms with van der Waals surface area (Å²) in [7, 11) is 0. The normalized spacial score (nSPS) is 26.0. The third kappa shape index (κ3) is 3.37. The molecule has 1 saturated carbocycles. The number of hydrogen-bond acceptors (Lipinski definition) is 2. The van der Waals surface area contributed by atoms with Crippen molar-refractivity contribution in [1.29, 1.82) is 0 Å². The van der Waals surface area contributed by atoms with Gasteiger partial charge >= 0.3 is 6.18 Å². The van der Waals surface area contributed by atoms with Gasteiger partial charge in [-0.1, -0.05) is 25.0 Å². The lowest BCUT2D eigenvalue weighted by Gasteiger charge is -2.28. The van der Waals surface area contributed by atoms with Crippen LogP contribution in [-0.4, -0.2) is 28.6 Å². The average Bonchev–Trinajstić information content (AvgIpc) is 3.15. The van der Waals surface area contributed by atoms with E-state index >= 15 is 0 Å². The molecule has 1 heterocycles. The van der Waals surface area contributed by atoms with Crippen molar-refractivity contribution in [2.75, 3.05) is 6.54 Å². The minimum Gasteiger partial charge on any atom is -0.391 e. The molecule has 23 heavy (non-hydrogen) atoms. The highest BCUT2D eigenvalue weighted by Crippen LogP contribution is 2.38. The predicted molar refractivity (Wildman–Crippen MR) is 78.5 cm³/mol. The van der Waals surface area contributed by atoms with E-state index in [9.17, 15) is 23.1 Å². The van der Waals surface area contributed by atoms with Crippen molar-refractivity contribution >= 4 is 5.91 Å². The summed E-state index contributed by atoms with van der Waals surface area (Å²) in [6, 6.07) is 4.62. The van der Waals surface area contributed by atoms with Crippen molar-refractivity contribution in [2.24, 2.45) is 5.92 Å². The first-order valence-electron chi connectivity index (χ1n) is 8.02. The van der Waals surface area contributed by atoms with Crippen LogP contribution in [0.3, 0.4) is 0 Å². The number of carbonyl (C=O) groups is 1. The maximum atomic E-state index is 12.9. The van der Waals surface area contributed by atoms with Crippen molar-refractivity contribution in [3.05, 3.63) is 35.4 Å². The first-order chi connectivity index (χ1) is 10.9. The summed E-state index contributed by atoms with van der Waals surface area (Å²) in [4.78, 5) is 14.2. The fourth-order valence-corrected chi connectivity index (χ4v) is 3.70. The fraction of sp³-hybridized carbons (Fsp3) is 0.588. The summed E-state index contributed by atoms with van der Waals surface area (Å²) in [5.74, 6) is -0.0740. The molecule has 0 spiro atoms. The van der Waals surface area contributed by atoms with Crippen molar-refractivity contribution in [3.63, 3.8) is 0 Å². The van der Waals surface area contributed by atoms with Gasteiger partial charge in [-0.15, -0.1) is 0 Å². The number of β-amino-alcohol motifs (C(OH)–C–C–N with tert-alkyl or cyclic N) is 1. The van der Waals surface area contributed by atoms with E-state index in [1.807, 2.05) is 0 Å². The third-order valence-corrected chi connectivity index (χ3v) is 4.87. The standard InChI is InChI=1S/C17H20F3NO2/c18-17(19,20)13-7-3-6-12(8-13)15-9-14(22)10-21(15)16(23)11-4-1-2-5-11/h3,6-8,11,14-15,22H,1-2,4-5,9-10H2. The Bertz CT molecular complexity index is 581. The largest absolute Gasteiger partial charge is 0.416 e. The van der Waals surface area contributed by atoms with Gasteiger partial charge in [0.2, 0.25) is 5.91 Å². The van der Waals surface area contributed by atoms with Crippen LogP contribution in [0.15, 0.2) is 24.3 Å². The Balaban J connectivity index is 1.86. The number of likely N-dealkylation sites (tertiary alicyclic amines) is 1. The molecule has 2 unspecified atom stereocenters. The molecule has 0 bridgehead atoms. The van der Waals surface area contributed by atoms with Crippen LogP contribution in [0.4, 0.5) is 13.2 Å². The monoisotopic (exact) mass is 327 g/mol. The van der Waals surface area contributed by atoms with Crippen molar-refractivity contribution in [3.8, 4) is 0 Å². The number of nitrogens with zero attached hydrogens (tertiary/aromatic N) is 1. The Hall–Kier alpha value is -1.56. The second-order valence-electron chi connectivity index (χ2n) is 6.50. The minimum atomic E-state index is -4.41. The predicted octanol–water partition coefficient (Wildman–Crippen LogP) is 3.53. The Kier molecular flexibility index (Phi) is 4.36. The van der Waals surface area contributed by atoms with Gasteiger partial charge in [-0.3, -0.25) is 4.79 Å². The summed E-state index contributed by atoms with van der Waals surface area (Å²) in [5, 5.41) is 9.94. The SMILES string of the molecule is O=C(C1CCCC1)N1CC(O)CC1c1cccc(C(F)(F)F)c1. The van der Waals surface area contributed by atoms with E-state index in [0.717, 1.165) is 37.8 Å². The number of amides is 1. The van der Waals surface area contributed by atoms with Crippen molar-refractivity contribution in [1.82, 2.24) is 4.90 Å². The van der Waals surface area contributed by atoms with Crippen LogP contribution in [0.25, 0.3) is 0 Å². The Morgan fingerprint density at radius 3 is 2.57 bits per heavy atom. The molecule has 1 N–H and O–H groups in total. The first-order valence-corrected chi connectivity index (χ1v) is 8.02. The molecule has 2 atom stereocenters. The maximum absolute atomic E-state index is 12.9. The Morgan fingerprint density at radius 1 is 1.22 bits per heavy atom. The van der Waals surface area contributed by atoms with Crippen LogP contribution in [0.5, 0.6) is 0 Å². The zero-order chi connectivity index (χ0) is 16.6. The zero-order valence-electron chi connectivity index (χ0n) is 12.7. The molecular weight excluding hydrogens is 307 g/mol. The van der Waals surface area contributed by atoms with E-state index in [1.54, 1.807) is 11.0 Å². The lowest BCUT2D eigenvalue weighted by molar-refractivity contribution is -0.137. The lowest BCUT2D eigenvalue weighted by atomic mass is 9.99. The van der Waals surface area contributed by atoms with E-state index < -0.39 is 23.9 Å². The highest BCUT2D eigenvalue weighted by Gasteiger charge is 2.39. The van der Waals surface area contributed by atoms with E-state index in [0.29, 0.717) is 12.0 Å². The molecule has 2 fully saturated rings. The lowest BCUT2D eigenvalue weighted by Crippen LogP contribution is -2.35. The molecule has 0 radical (unpaired) electrons. The van der Waals surface area contributed by atoms with Gasteiger partial charge in [-0.2, -0.15) is 13.2 Å². The molecule has 1 amide bonds. The molecule has 1 aromatic rings. The van der Waals surface area contributed by atoms with Gasteiger partial charge < -0.3 is 10.0 Å². The number of hydrogen-bond donors (Lipinski definition) is 1. The van der Waals surface area contributed by atoms with E-state index in [-0.39, 0.29) is 18.4 Å². The number of alkyl halides is 3. The molecular formula is C17H20F3NO2. The summed E-state index contributed by atoms with van der Waals surface area (Å²) in [5.41, 5.74) is -0.271. The highest BCUT2D eigenvalue weighted by atomic mass is 19.4. The Labute approximate surface area is 133 Å². The van der Waals surface area contributed by atoms with E-state index in [4.69, 9.17) is 0 Å². The zero-order valence-corrected chi connectivity index (χ0v) is 12.7. The van der Waals surface area contributed by atoms with E-state index in [1.165, 1.54) is 6.07 Å². The molecule has 3 nitrogen and oxygen atoms in total. The molecule has 0 aromatic heterocycles. The summed E-state index contributed by atoms with van der Waals surface area (Å²) in [6.45, 7) is 0.205. The van der Waals surface area contributed by atoms with Gasteiger partial charge in [0.15, 0.2) is 0 Å². The summed E-state index contributed by atoms with van der Waals surface area (Å²) < 4.78 is 38.7. The number of aliphatic hydroxyl groups is 1. The van der Waals surface area contributed by atoms with Crippen molar-refractivity contribution < 1.29 is 23.1 Å². The fourth-order valence-electron chi connectivity index (χ4n) is 3.70. The number of benzene rings is 1. The maximum Gasteiger partial charge on any atom is 0.416 e. The number of rotatable bonds is 2. The molecule has 6 heteroatoms. The van der Waals surface area contributed by atoms with Crippen molar-refractivity contribution in [2.45, 2.75) is 50.4 Å². The first kappa shape index (κ1) is 16.3. The van der Waals surface area contributed by atoms with Crippen LogP contribution >= 0.6 is 0 Å². The van der Waals surface area contributed by atoms with Gasteiger partial charge in [0.1, 0.15) is 0 Å². The summed E-state index contributed by atoms with van der Waals surface area (Å²) in [6.07, 6.45) is -1.10. The van der Waals surface area contributed by atoms with Crippen LogP contribution in [-0.2, 0) is 11.0 Å². The van der Waals surface area contributed by atoms with Gasteiger partial charge in [-0.05, 0) is 37.0 Å². The number of carbonyl (C=O) groups excluding carboxylic acids is 1. The van der Waals surface area contributed by atoms with E-state index in [2.05, 4.69) is 0 Å². The molecule has 1 aliphatic heterocycles. The number of aliphatic hydroxyl groups excluding tert-OH is 1. The quantitative estimate of drug-likeness (QED) is 0.903. The molecule has 1 aliphatic carbocycles. The minimum absolute atomic E-state index is 0.0264. The van der Waals surface area contributed by atoms with Crippen LogP contribution in [0.2, 0.25) is 0 Å². The van der Waals surface area contributed by atoms with Crippen LogP contribution in [0, 0.1) is 5.92 Å². The second kappa shape index (κ2) is 6.15. The highest BCUT2D eigenvalue weighted by molar-refractivity contribution is 5.80. The van der Waals surface area contributed by atoms with Crippen LogP contribution in [0.1, 0.15) is 49.3 Å². The average molecular weight is 327 g/mol. The summed E-state index contributed by atoms with van der Waals surface area (Å²) >= 11 is 0. The molecule has 2 aliphatic rings.